The first-order chi connectivity index (χ1) is 17.2. The van der Waals surface area contributed by atoms with Crippen molar-refractivity contribution in [1.82, 2.24) is 9.80 Å². The lowest BCUT2D eigenvalue weighted by atomic mass is 9.86. The van der Waals surface area contributed by atoms with E-state index in [1.165, 1.54) is 11.0 Å². The van der Waals surface area contributed by atoms with Gasteiger partial charge in [-0.2, -0.15) is 13.2 Å². The molecule has 4 rings (SSSR count). The predicted molar refractivity (Wildman–Crippen MR) is 115 cm³/mol. The Labute approximate surface area is 208 Å². The average Bonchev–Trinajstić information content (AvgIpc) is 3.55. The zero-order valence-electron chi connectivity index (χ0n) is 19.9. The Bertz CT molecular complexity index is 1080. The van der Waals surface area contributed by atoms with E-state index in [4.69, 9.17) is 5.11 Å². The van der Waals surface area contributed by atoms with E-state index in [9.17, 15) is 31.9 Å². The summed E-state index contributed by atoms with van der Waals surface area (Å²) in [6.07, 6.45) is -6.87. The summed E-state index contributed by atoms with van der Waals surface area (Å²) in [4.78, 5) is 37.8. The second kappa shape index (κ2) is 9.39. The van der Waals surface area contributed by atoms with Crippen LogP contribution < -0.4 is 0 Å². The molecule has 0 aromatic heterocycles. The van der Waals surface area contributed by atoms with Gasteiger partial charge in [0.2, 0.25) is 5.91 Å². The highest BCUT2D eigenvalue weighted by molar-refractivity contribution is 5.91. The van der Waals surface area contributed by atoms with Gasteiger partial charge in [0.15, 0.2) is 0 Å². The van der Waals surface area contributed by atoms with Crippen molar-refractivity contribution in [2.24, 2.45) is 11.3 Å². The van der Waals surface area contributed by atoms with Crippen molar-refractivity contribution in [2.75, 3.05) is 26.7 Å². The van der Waals surface area contributed by atoms with Crippen LogP contribution in [0.4, 0.5) is 31.1 Å². The van der Waals surface area contributed by atoms with Crippen molar-refractivity contribution in [3.05, 3.63) is 35.1 Å². The fourth-order valence-corrected chi connectivity index (χ4v) is 5.38. The molecule has 2 heterocycles. The molecule has 13 heteroatoms. The number of rotatable bonds is 5. The summed E-state index contributed by atoms with van der Waals surface area (Å²) in [5.74, 6) is -9.73. The normalized spacial score (nSPS) is 24.2. The number of carboxylic acid groups (broad SMARTS) is 1. The molecule has 0 spiro atoms. The zero-order chi connectivity index (χ0) is 27.3. The maximum atomic E-state index is 15.5. The van der Waals surface area contributed by atoms with E-state index in [-0.39, 0.29) is 19.0 Å². The molecule has 37 heavy (non-hydrogen) atoms. The van der Waals surface area contributed by atoms with Crippen LogP contribution in [0.1, 0.15) is 49.1 Å². The van der Waals surface area contributed by atoms with Crippen molar-refractivity contribution in [2.45, 2.75) is 56.2 Å². The highest BCUT2D eigenvalue weighted by Crippen LogP contribution is 2.59. The summed E-state index contributed by atoms with van der Waals surface area (Å²) in [6.45, 7) is -0.419. The number of carbonyl (C=O) groups excluding carboxylic acids is 2. The number of ether oxygens (including phenoxy) is 1. The molecule has 1 unspecified atom stereocenters. The number of benzene rings is 1. The first-order valence-corrected chi connectivity index (χ1v) is 11.8. The van der Waals surface area contributed by atoms with E-state index >= 15 is 8.78 Å². The van der Waals surface area contributed by atoms with Crippen molar-refractivity contribution in [3.8, 4) is 0 Å². The molecule has 2 saturated heterocycles. The molecule has 1 aromatic carbocycles. The zero-order valence-corrected chi connectivity index (χ0v) is 19.9. The van der Waals surface area contributed by atoms with Crippen molar-refractivity contribution in [1.29, 1.82) is 0 Å². The third-order valence-electron chi connectivity index (χ3n) is 7.84. The molecule has 0 radical (unpaired) electrons. The molecule has 1 N–H and O–H groups in total. The Balaban J connectivity index is 1.55. The number of likely N-dealkylation sites (tertiary alicyclic amines) is 2. The number of amides is 2. The van der Waals surface area contributed by atoms with Crippen LogP contribution in [0.25, 0.3) is 0 Å². The smallest absolute Gasteiger partial charge is 0.407 e. The van der Waals surface area contributed by atoms with Crippen LogP contribution in [-0.2, 0) is 20.2 Å². The van der Waals surface area contributed by atoms with Crippen LogP contribution in [0.2, 0.25) is 0 Å². The standard InChI is InChI=1S/C24H26F6N2O5/c1-37-19(33)18-11-15(12-32(18)20(34)22(6-7-22)24(28,29)30)23(26,27)16-3-2-14(10-17(16)25)13-4-8-31(9-5-13)21(35)36/h2-3,10,13,15,18H,4-9,11-12H2,1H3,(H,35,36)/t15?,18-/m0/s1. The molecule has 1 saturated carbocycles. The molecule has 2 amide bonds. The molecule has 2 atom stereocenters. The maximum Gasteiger partial charge on any atom is 0.407 e. The first-order valence-electron chi connectivity index (χ1n) is 11.8. The van der Waals surface area contributed by atoms with Gasteiger partial charge in [-0.05, 0) is 55.7 Å². The largest absolute Gasteiger partial charge is 0.467 e. The number of nitrogens with zero attached hydrogens (tertiary/aromatic N) is 2. The molecule has 3 aliphatic rings. The SMILES string of the molecule is COC(=O)[C@@H]1CC(C(F)(F)c2ccc(C3CCN(C(=O)O)CC3)cc2F)CN1C(=O)C1(C(F)(F)F)CC1. The highest BCUT2D eigenvalue weighted by atomic mass is 19.4. The quantitative estimate of drug-likeness (QED) is 0.442. The minimum absolute atomic E-state index is 0.222. The van der Waals surface area contributed by atoms with Gasteiger partial charge in [-0.3, -0.25) is 4.79 Å². The summed E-state index contributed by atoms with van der Waals surface area (Å²) in [5, 5.41) is 9.05. The number of alkyl halides is 5. The second-order valence-electron chi connectivity index (χ2n) is 9.92. The fourth-order valence-electron chi connectivity index (χ4n) is 5.38. The van der Waals surface area contributed by atoms with Crippen LogP contribution >= 0.6 is 0 Å². The van der Waals surface area contributed by atoms with Crippen molar-refractivity contribution in [3.63, 3.8) is 0 Å². The van der Waals surface area contributed by atoms with Crippen LogP contribution in [-0.4, -0.2) is 71.8 Å². The number of methoxy groups -OCH3 is 1. The summed E-state index contributed by atoms with van der Waals surface area (Å²) in [5.41, 5.74) is -3.26. The highest BCUT2D eigenvalue weighted by Gasteiger charge is 2.71. The van der Waals surface area contributed by atoms with Gasteiger partial charge in [-0.25, -0.2) is 22.8 Å². The number of hydrogen-bond donors (Lipinski definition) is 1. The number of carbonyl (C=O) groups is 3. The monoisotopic (exact) mass is 536 g/mol. The minimum Gasteiger partial charge on any atom is -0.467 e. The second-order valence-corrected chi connectivity index (χ2v) is 9.92. The van der Waals surface area contributed by atoms with Crippen LogP contribution in [0.5, 0.6) is 0 Å². The Kier molecular flexibility index (Phi) is 6.87. The molecule has 1 aliphatic carbocycles. The minimum atomic E-state index is -4.89. The number of esters is 1. The molecule has 3 fully saturated rings. The third kappa shape index (κ3) is 4.72. The van der Waals surface area contributed by atoms with Gasteiger partial charge in [0.25, 0.3) is 5.92 Å². The molecular weight excluding hydrogens is 510 g/mol. The number of piperidine rings is 1. The van der Waals surface area contributed by atoms with E-state index in [2.05, 4.69) is 4.74 Å². The third-order valence-corrected chi connectivity index (χ3v) is 7.84. The van der Waals surface area contributed by atoms with E-state index in [0.717, 1.165) is 19.2 Å². The van der Waals surface area contributed by atoms with Gasteiger partial charge in [0.1, 0.15) is 17.3 Å². The van der Waals surface area contributed by atoms with Gasteiger partial charge in [0, 0.05) is 25.6 Å². The van der Waals surface area contributed by atoms with Gasteiger partial charge < -0.3 is 19.6 Å². The molecule has 0 bridgehead atoms. The summed E-state index contributed by atoms with van der Waals surface area (Å²) in [6, 6.07) is 1.55. The van der Waals surface area contributed by atoms with Gasteiger partial charge in [0.05, 0.1) is 12.7 Å². The van der Waals surface area contributed by atoms with Crippen molar-refractivity contribution < 1.29 is 50.6 Å². The summed E-state index contributed by atoms with van der Waals surface area (Å²) in [7, 11) is 0.937. The summed E-state index contributed by atoms with van der Waals surface area (Å²) < 4.78 is 91.2. The molecule has 1 aromatic rings. The van der Waals surface area contributed by atoms with Gasteiger partial charge in [-0.1, -0.05) is 6.07 Å². The predicted octanol–water partition coefficient (Wildman–Crippen LogP) is 4.51. The Morgan fingerprint density at radius 3 is 2.19 bits per heavy atom. The number of hydrogen-bond acceptors (Lipinski definition) is 4. The maximum absolute atomic E-state index is 15.5. The Morgan fingerprint density at radius 2 is 1.70 bits per heavy atom. The lowest BCUT2D eigenvalue weighted by Gasteiger charge is -2.31. The van der Waals surface area contributed by atoms with E-state index in [0.29, 0.717) is 23.3 Å². The molecular formula is C24H26F6N2O5. The van der Waals surface area contributed by atoms with Gasteiger partial charge in [-0.15, -0.1) is 0 Å². The Hall–Kier alpha value is -2.99. The Morgan fingerprint density at radius 1 is 1.08 bits per heavy atom. The average molecular weight is 536 g/mol. The van der Waals surface area contributed by atoms with Crippen molar-refractivity contribution >= 4 is 18.0 Å². The van der Waals surface area contributed by atoms with E-state index < -0.39 is 84.6 Å². The topological polar surface area (TPSA) is 87.2 Å². The molecule has 7 nitrogen and oxygen atoms in total. The lowest BCUT2D eigenvalue weighted by molar-refractivity contribution is -0.200. The van der Waals surface area contributed by atoms with Crippen LogP contribution in [0.15, 0.2) is 18.2 Å². The van der Waals surface area contributed by atoms with E-state index in [1.54, 1.807) is 0 Å². The molecule has 2 aliphatic heterocycles. The summed E-state index contributed by atoms with van der Waals surface area (Å²) >= 11 is 0. The fraction of sp³-hybridized carbons (Fsp3) is 0.625. The number of halogens is 6. The molecule has 204 valence electrons. The van der Waals surface area contributed by atoms with E-state index in [1.807, 2.05) is 0 Å². The van der Waals surface area contributed by atoms with Crippen LogP contribution in [0.3, 0.4) is 0 Å². The first kappa shape index (κ1) is 27.1. The van der Waals surface area contributed by atoms with Crippen LogP contribution in [0, 0.1) is 17.2 Å². The lowest BCUT2D eigenvalue weighted by Crippen LogP contribution is -2.49. The van der Waals surface area contributed by atoms with Gasteiger partial charge >= 0.3 is 18.2 Å².